The summed E-state index contributed by atoms with van der Waals surface area (Å²) in [5, 5.41) is 0.878. The lowest BCUT2D eigenvalue weighted by atomic mass is 10.1. The highest BCUT2D eigenvalue weighted by molar-refractivity contribution is 5.90. The minimum absolute atomic E-state index is 0.499. The number of hydrogen-bond acceptors (Lipinski definition) is 4. The minimum atomic E-state index is 0.499. The average Bonchev–Trinajstić information content (AvgIpc) is 2.39. The van der Waals surface area contributed by atoms with Gasteiger partial charge in [0, 0.05) is 29.0 Å². The Morgan fingerprint density at radius 3 is 2.67 bits per heavy atom. The van der Waals surface area contributed by atoms with Crippen LogP contribution in [-0.4, -0.2) is 15.0 Å². The molecule has 0 radical (unpaired) electrons. The van der Waals surface area contributed by atoms with Crippen LogP contribution >= 0.6 is 0 Å². The number of nitrogens with zero attached hydrogens (tertiary/aromatic N) is 3. The number of pyridine rings is 3. The van der Waals surface area contributed by atoms with Crippen LogP contribution in [-0.2, 0) is 0 Å². The molecule has 2 N–H and O–H groups in total. The van der Waals surface area contributed by atoms with E-state index in [4.69, 9.17) is 5.73 Å². The molecule has 0 amide bonds. The molecule has 3 aromatic heterocycles. The highest BCUT2D eigenvalue weighted by Crippen LogP contribution is 2.25. The number of nitrogen functional groups attached to an aromatic ring is 1. The Morgan fingerprint density at radius 1 is 1.06 bits per heavy atom. The van der Waals surface area contributed by atoms with Gasteiger partial charge in [0.15, 0.2) is 0 Å². The fraction of sp³-hybridized carbons (Fsp3) is 0.0714. The van der Waals surface area contributed by atoms with Crippen molar-refractivity contribution in [2.45, 2.75) is 6.92 Å². The van der Waals surface area contributed by atoms with E-state index >= 15 is 0 Å². The first-order valence-electron chi connectivity index (χ1n) is 5.69. The number of hydrogen-bond donors (Lipinski definition) is 1. The SMILES string of the molecule is Cc1ncccc1-c1cc2ncccc2c(N)n1. The Morgan fingerprint density at radius 2 is 1.83 bits per heavy atom. The maximum Gasteiger partial charge on any atom is 0.133 e. The van der Waals surface area contributed by atoms with Crippen molar-refractivity contribution < 1.29 is 0 Å². The molecular formula is C14H12N4. The molecule has 3 aromatic rings. The molecule has 3 rings (SSSR count). The summed E-state index contributed by atoms with van der Waals surface area (Å²) in [4.78, 5) is 13.0. The van der Waals surface area contributed by atoms with Crippen molar-refractivity contribution in [3.8, 4) is 11.3 Å². The summed E-state index contributed by atoms with van der Waals surface area (Å²) in [6.07, 6.45) is 3.52. The largest absolute Gasteiger partial charge is 0.383 e. The lowest BCUT2D eigenvalue weighted by molar-refractivity contribution is 1.19. The van der Waals surface area contributed by atoms with Gasteiger partial charge in [-0.15, -0.1) is 0 Å². The summed E-state index contributed by atoms with van der Waals surface area (Å²) in [6, 6.07) is 9.59. The summed E-state index contributed by atoms with van der Waals surface area (Å²) in [6.45, 7) is 1.95. The third-order valence-electron chi connectivity index (χ3n) is 2.91. The zero-order chi connectivity index (χ0) is 12.5. The summed E-state index contributed by atoms with van der Waals surface area (Å²) in [5.41, 5.74) is 9.55. The lowest BCUT2D eigenvalue weighted by Gasteiger charge is -2.07. The van der Waals surface area contributed by atoms with Crippen LogP contribution in [0.15, 0.2) is 42.7 Å². The number of aromatic nitrogens is 3. The van der Waals surface area contributed by atoms with Crippen molar-refractivity contribution in [3.05, 3.63) is 48.4 Å². The molecule has 0 fully saturated rings. The number of fused-ring (bicyclic) bond motifs is 1. The van der Waals surface area contributed by atoms with Gasteiger partial charge in [-0.05, 0) is 37.3 Å². The molecule has 0 aromatic carbocycles. The second-order valence-corrected chi connectivity index (χ2v) is 4.10. The molecule has 0 bridgehead atoms. The van der Waals surface area contributed by atoms with Gasteiger partial charge in [-0.1, -0.05) is 0 Å². The van der Waals surface area contributed by atoms with Crippen LogP contribution in [0.4, 0.5) is 5.82 Å². The first-order valence-corrected chi connectivity index (χ1v) is 5.69. The molecule has 0 saturated heterocycles. The fourth-order valence-electron chi connectivity index (χ4n) is 1.99. The fourth-order valence-corrected chi connectivity index (χ4v) is 1.99. The van der Waals surface area contributed by atoms with Crippen molar-refractivity contribution >= 4 is 16.7 Å². The van der Waals surface area contributed by atoms with E-state index in [2.05, 4.69) is 15.0 Å². The molecule has 0 saturated carbocycles. The van der Waals surface area contributed by atoms with Crippen LogP contribution in [0.3, 0.4) is 0 Å². The first-order chi connectivity index (χ1) is 8.75. The van der Waals surface area contributed by atoms with Crippen molar-refractivity contribution in [3.63, 3.8) is 0 Å². The molecule has 0 aliphatic heterocycles. The molecule has 18 heavy (non-hydrogen) atoms. The number of aryl methyl sites for hydroxylation is 1. The van der Waals surface area contributed by atoms with Crippen molar-refractivity contribution in [2.24, 2.45) is 0 Å². The topological polar surface area (TPSA) is 64.7 Å². The Bertz CT molecular complexity index is 722. The van der Waals surface area contributed by atoms with Crippen LogP contribution in [0.1, 0.15) is 5.69 Å². The van der Waals surface area contributed by atoms with E-state index in [-0.39, 0.29) is 0 Å². The zero-order valence-corrected chi connectivity index (χ0v) is 9.96. The smallest absolute Gasteiger partial charge is 0.133 e. The third kappa shape index (κ3) is 1.68. The standard InChI is InChI=1S/C14H12N4/c1-9-10(4-2-6-16-9)13-8-12-11(14(15)18-13)5-3-7-17-12/h2-8H,1H3,(H2,15,18). The highest BCUT2D eigenvalue weighted by Gasteiger charge is 2.08. The van der Waals surface area contributed by atoms with Crippen molar-refractivity contribution in [1.29, 1.82) is 0 Å². The van der Waals surface area contributed by atoms with Gasteiger partial charge < -0.3 is 5.73 Å². The van der Waals surface area contributed by atoms with Gasteiger partial charge in [0.25, 0.3) is 0 Å². The maximum absolute atomic E-state index is 5.97. The molecule has 0 aliphatic rings. The predicted molar refractivity (Wildman–Crippen MR) is 71.9 cm³/mol. The van der Waals surface area contributed by atoms with Crippen molar-refractivity contribution in [2.75, 3.05) is 5.73 Å². The van der Waals surface area contributed by atoms with E-state index in [0.717, 1.165) is 27.9 Å². The molecule has 4 nitrogen and oxygen atoms in total. The Kier molecular flexibility index (Phi) is 2.41. The molecule has 4 heteroatoms. The summed E-state index contributed by atoms with van der Waals surface area (Å²) >= 11 is 0. The van der Waals surface area contributed by atoms with Crippen LogP contribution in [0.2, 0.25) is 0 Å². The third-order valence-corrected chi connectivity index (χ3v) is 2.91. The van der Waals surface area contributed by atoms with E-state index in [1.54, 1.807) is 12.4 Å². The summed E-state index contributed by atoms with van der Waals surface area (Å²) < 4.78 is 0. The predicted octanol–water partition coefficient (Wildman–Crippen LogP) is 2.58. The quantitative estimate of drug-likeness (QED) is 0.705. The van der Waals surface area contributed by atoms with Gasteiger partial charge in [-0.25, -0.2) is 4.98 Å². The first kappa shape index (κ1) is 10.7. The molecule has 3 heterocycles. The van der Waals surface area contributed by atoms with Crippen molar-refractivity contribution in [1.82, 2.24) is 15.0 Å². The molecular weight excluding hydrogens is 224 g/mol. The lowest BCUT2D eigenvalue weighted by Crippen LogP contribution is -1.97. The van der Waals surface area contributed by atoms with Crippen LogP contribution in [0.5, 0.6) is 0 Å². The average molecular weight is 236 g/mol. The normalized spacial score (nSPS) is 10.7. The Balaban J connectivity index is 2.28. The Hall–Kier alpha value is -2.49. The van der Waals surface area contributed by atoms with Gasteiger partial charge in [0.2, 0.25) is 0 Å². The monoisotopic (exact) mass is 236 g/mol. The molecule has 0 atom stereocenters. The number of anilines is 1. The van der Waals surface area contributed by atoms with E-state index in [1.165, 1.54) is 0 Å². The zero-order valence-electron chi connectivity index (χ0n) is 9.96. The molecule has 88 valence electrons. The van der Waals surface area contributed by atoms with Crippen LogP contribution in [0.25, 0.3) is 22.2 Å². The maximum atomic E-state index is 5.97. The summed E-state index contributed by atoms with van der Waals surface area (Å²) in [5.74, 6) is 0.499. The minimum Gasteiger partial charge on any atom is -0.383 e. The second-order valence-electron chi connectivity index (χ2n) is 4.10. The van der Waals surface area contributed by atoms with Crippen LogP contribution < -0.4 is 5.73 Å². The van der Waals surface area contributed by atoms with Gasteiger partial charge in [0.1, 0.15) is 5.82 Å². The van der Waals surface area contributed by atoms with Crippen LogP contribution in [0, 0.1) is 6.92 Å². The molecule has 0 spiro atoms. The second kappa shape index (κ2) is 4.07. The van der Waals surface area contributed by atoms with Gasteiger partial charge in [0.05, 0.1) is 11.2 Å². The summed E-state index contributed by atoms with van der Waals surface area (Å²) in [7, 11) is 0. The number of rotatable bonds is 1. The van der Waals surface area contributed by atoms with E-state index in [0.29, 0.717) is 5.82 Å². The Labute approximate surface area is 105 Å². The van der Waals surface area contributed by atoms with Gasteiger partial charge >= 0.3 is 0 Å². The van der Waals surface area contributed by atoms with E-state index in [1.807, 2.05) is 37.3 Å². The van der Waals surface area contributed by atoms with E-state index < -0.39 is 0 Å². The molecule has 0 unspecified atom stereocenters. The molecule has 0 aliphatic carbocycles. The van der Waals surface area contributed by atoms with Gasteiger partial charge in [-0.3, -0.25) is 9.97 Å². The van der Waals surface area contributed by atoms with Gasteiger partial charge in [-0.2, -0.15) is 0 Å². The van der Waals surface area contributed by atoms with E-state index in [9.17, 15) is 0 Å². The number of nitrogens with two attached hydrogens (primary N) is 1. The highest BCUT2D eigenvalue weighted by atomic mass is 14.9.